The molecule has 2 heterocycles. The fourth-order valence-corrected chi connectivity index (χ4v) is 2.40. The summed E-state index contributed by atoms with van der Waals surface area (Å²) >= 11 is 0. The number of fused-ring (bicyclic) bond motifs is 1. The molecule has 10 heteroatoms. The number of nitrogens with one attached hydrogen (secondary N) is 1. The van der Waals surface area contributed by atoms with E-state index in [4.69, 9.17) is 9.47 Å². The number of hydroxylamine groups is 1. The molecule has 1 atom stereocenters. The summed E-state index contributed by atoms with van der Waals surface area (Å²) in [6, 6.07) is 7.96. The normalized spacial score (nSPS) is 15.9. The van der Waals surface area contributed by atoms with Crippen LogP contribution < -0.4 is 19.9 Å². The van der Waals surface area contributed by atoms with Gasteiger partial charge in [-0.3, -0.25) is 0 Å². The van der Waals surface area contributed by atoms with Gasteiger partial charge in [-0.05, 0) is 17.7 Å². The minimum Gasteiger partial charge on any atom is -0.497 e. The molecule has 0 amide bonds. The Balaban J connectivity index is 1.98. The summed E-state index contributed by atoms with van der Waals surface area (Å²) in [6.45, 7) is 0. The molecule has 7 nitrogen and oxygen atoms in total. The third-order valence-corrected chi connectivity index (χ3v) is 3.67. The van der Waals surface area contributed by atoms with Crippen molar-refractivity contribution in [2.75, 3.05) is 24.6 Å². The molecule has 0 saturated heterocycles. The number of alkyl halides is 3. The first kappa shape index (κ1) is 17.6. The van der Waals surface area contributed by atoms with Gasteiger partial charge in [0.1, 0.15) is 17.2 Å². The van der Waals surface area contributed by atoms with Gasteiger partial charge < -0.3 is 19.6 Å². The number of carbonyl (C=O) groups is 1. The predicted molar refractivity (Wildman–Crippen MR) is 84.8 cm³/mol. The van der Waals surface area contributed by atoms with Crippen molar-refractivity contribution >= 4 is 17.5 Å². The molecule has 1 aliphatic heterocycles. The van der Waals surface area contributed by atoms with E-state index in [1.807, 2.05) is 0 Å². The number of ether oxygens (including phenoxy) is 2. The predicted octanol–water partition coefficient (Wildman–Crippen LogP) is 3.05. The van der Waals surface area contributed by atoms with Crippen LogP contribution in [0.15, 0.2) is 36.5 Å². The van der Waals surface area contributed by atoms with Gasteiger partial charge in [-0.15, -0.1) is 0 Å². The Labute approximate surface area is 146 Å². The van der Waals surface area contributed by atoms with Crippen LogP contribution >= 0.6 is 0 Å². The first-order chi connectivity index (χ1) is 12.3. The van der Waals surface area contributed by atoms with E-state index in [2.05, 4.69) is 15.1 Å². The quantitative estimate of drug-likeness (QED) is 0.888. The average molecular weight is 369 g/mol. The molecule has 138 valence electrons. The zero-order valence-corrected chi connectivity index (χ0v) is 13.7. The van der Waals surface area contributed by atoms with Crippen molar-refractivity contribution in [2.24, 2.45) is 0 Å². The Bertz CT molecular complexity index is 811. The lowest BCUT2D eigenvalue weighted by Crippen LogP contribution is -2.36. The molecule has 0 bridgehead atoms. The molecule has 2 aromatic rings. The summed E-state index contributed by atoms with van der Waals surface area (Å²) < 4.78 is 48.1. The summed E-state index contributed by atoms with van der Waals surface area (Å²) in [5, 5.41) is 3.74. The van der Waals surface area contributed by atoms with Crippen molar-refractivity contribution in [3.63, 3.8) is 0 Å². The Morgan fingerprint density at radius 3 is 2.38 bits per heavy atom. The third-order valence-electron chi connectivity index (χ3n) is 3.67. The second kappa shape index (κ2) is 6.62. The number of hydrogen-bond donors (Lipinski definition) is 1. The molecular weight excluding hydrogens is 355 g/mol. The summed E-state index contributed by atoms with van der Waals surface area (Å²) in [5.74, 6) is -1.22. The van der Waals surface area contributed by atoms with Gasteiger partial charge in [0, 0.05) is 6.07 Å². The highest BCUT2D eigenvalue weighted by atomic mass is 19.4. The molecule has 1 N–H and O–H groups in total. The van der Waals surface area contributed by atoms with Gasteiger partial charge in [0.2, 0.25) is 0 Å². The lowest BCUT2D eigenvalue weighted by Gasteiger charge is -2.25. The summed E-state index contributed by atoms with van der Waals surface area (Å²) in [4.78, 5) is 20.1. The highest BCUT2D eigenvalue weighted by Crippen LogP contribution is 2.42. The number of halogens is 3. The smallest absolute Gasteiger partial charge is 0.493 e. The number of hydrogen-bond acceptors (Lipinski definition) is 7. The van der Waals surface area contributed by atoms with Crippen molar-refractivity contribution in [2.45, 2.75) is 12.3 Å². The van der Waals surface area contributed by atoms with Crippen LogP contribution in [0.1, 0.15) is 11.7 Å². The molecule has 3 rings (SSSR count). The Kier molecular flexibility index (Phi) is 4.49. The van der Waals surface area contributed by atoms with E-state index in [0.717, 1.165) is 5.06 Å². The Hall–Kier alpha value is -3.17. The first-order valence-electron chi connectivity index (χ1n) is 7.36. The van der Waals surface area contributed by atoms with Crippen molar-refractivity contribution in [1.29, 1.82) is 0 Å². The van der Waals surface area contributed by atoms with Gasteiger partial charge in [-0.2, -0.15) is 18.2 Å². The SMILES string of the molecule is COc1ccc(C2Nc3ncc(OC)cc3N2OC(=O)C(F)(F)F)cc1. The number of rotatable bonds is 4. The van der Waals surface area contributed by atoms with Crippen LogP contribution in [-0.4, -0.2) is 31.3 Å². The number of nitrogens with zero attached hydrogens (tertiary/aromatic N) is 2. The minimum absolute atomic E-state index is 0.141. The van der Waals surface area contributed by atoms with Crippen LogP contribution in [0.5, 0.6) is 11.5 Å². The monoisotopic (exact) mass is 369 g/mol. The molecule has 0 fully saturated rings. The molecule has 1 aromatic heterocycles. The number of pyridine rings is 1. The van der Waals surface area contributed by atoms with E-state index in [0.29, 0.717) is 17.1 Å². The van der Waals surface area contributed by atoms with Crippen LogP contribution in [-0.2, 0) is 9.63 Å². The Morgan fingerprint density at radius 1 is 1.15 bits per heavy atom. The maximum absolute atomic E-state index is 12.7. The maximum atomic E-state index is 12.7. The summed E-state index contributed by atoms with van der Waals surface area (Å²) in [5.41, 5.74) is 0.681. The molecule has 0 spiro atoms. The van der Waals surface area contributed by atoms with Gasteiger partial charge >= 0.3 is 12.1 Å². The molecule has 1 aromatic carbocycles. The number of carbonyl (C=O) groups excluding carboxylic acids is 1. The second-order valence-corrected chi connectivity index (χ2v) is 5.27. The van der Waals surface area contributed by atoms with Gasteiger partial charge in [0.05, 0.1) is 20.4 Å². The van der Waals surface area contributed by atoms with Crippen molar-refractivity contribution < 1.29 is 32.3 Å². The van der Waals surface area contributed by atoms with Crippen LogP contribution in [0.4, 0.5) is 24.7 Å². The van der Waals surface area contributed by atoms with Gasteiger partial charge in [-0.1, -0.05) is 12.1 Å². The highest BCUT2D eigenvalue weighted by molar-refractivity contribution is 5.80. The van der Waals surface area contributed by atoms with E-state index in [1.165, 1.54) is 26.5 Å². The van der Waals surface area contributed by atoms with Gasteiger partial charge in [-0.25, -0.2) is 9.78 Å². The van der Waals surface area contributed by atoms with Crippen LogP contribution in [0.3, 0.4) is 0 Å². The first-order valence-corrected chi connectivity index (χ1v) is 7.36. The topological polar surface area (TPSA) is 72.9 Å². The zero-order valence-electron chi connectivity index (χ0n) is 13.7. The molecule has 0 radical (unpaired) electrons. The largest absolute Gasteiger partial charge is 0.497 e. The lowest BCUT2D eigenvalue weighted by atomic mass is 10.1. The van der Waals surface area contributed by atoms with Crippen molar-refractivity contribution in [3.05, 3.63) is 42.1 Å². The summed E-state index contributed by atoms with van der Waals surface area (Å²) in [6.07, 6.45) is -4.65. The number of anilines is 2. The molecule has 26 heavy (non-hydrogen) atoms. The zero-order chi connectivity index (χ0) is 18.9. The molecule has 0 aliphatic carbocycles. The van der Waals surface area contributed by atoms with Crippen molar-refractivity contribution in [3.8, 4) is 11.5 Å². The van der Waals surface area contributed by atoms with Gasteiger partial charge in [0.15, 0.2) is 12.0 Å². The lowest BCUT2D eigenvalue weighted by molar-refractivity contribution is -0.201. The Morgan fingerprint density at radius 2 is 1.81 bits per heavy atom. The second-order valence-electron chi connectivity index (χ2n) is 5.27. The molecule has 1 unspecified atom stereocenters. The van der Waals surface area contributed by atoms with E-state index in [9.17, 15) is 18.0 Å². The number of benzene rings is 1. The fourth-order valence-electron chi connectivity index (χ4n) is 2.40. The highest BCUT2D eigenvalue weighted by Gasteiger charge is 2.45. The third kappa shape index (κ3) is 3.30. The minimum atomic E-state index is -5.14. The fraction of sp³-hybridized carbons (Fsp3) is 0.250. The summed E-state index contributed by atoms with van der Waals surface area (Å²) in [7, 11) is 2.88. The van der Waals surface area contributed by atoms with Crippen LogP contribution in [0.2, 0.25) is 0 Å². The maximum Gasteiger partial charge on any atom is 0.493 e. The number of aromatic nitrogens is 1. The van der Waals surface area contributed by atoms with Crippen LogP contribution in [0, 0.1) is 0 Å². The van der Waals surface area contributed by atoms with E-state index in [1.54, 1.807) is 24.3 Å². The average Bonchev–Trinajstić information content (AvgIpc) is 2.98. The van der Waals surface area contributed by atoms with E-state index < -0.39 is 18.3 Å². The van der Waals surface area contributed by atoms with E-state index >= 15 is 0 Å². The molecular formula is C16H14F3N3O4. The standard InChI is InChI=1S/C16H14F3N3O4/c1-24-10-5-3-9(4-6-10)14-21-13-12(7-11(25-2)8-20-13)22(14)26-15(23)16(17,18)19/h3-8,14H,1-2H3,(H,20,21). The number of methoxy groups -OCH3 is 2. The van der Waals surface area contributed by atoms with Crippen LogP contribution in [0.25, 0.3) is 0 Å². The van der Waals surface area contributed by atoms with E-state index in [-0.39, 0.29) is 11.5 Å². The molecule has 1 aliphatic rings. The van der Waals surface area contributed by atoms with Crippen molar-refractivity contribution in [1.82, 2.24) is 4.98 Å². The molecule has 0 saturated carbocycles. The van der Waals surface area contributed by atoms with Gasteiger partial charge in [0.25, 0.3) is 0 Å².